The first-order valence-corrected chi connectivity index (χ1v) is 26.5. The summed E-state index contributed by atoms with van der Waals surface area (Å²) in [7, 11) is 0. The van der Waals surface area contributed by atoms with Gasteiger partial charge in [0.05, 0.1) is 27.8 Å². The molecule has 0 unspecified atom stereocenters. The molecule has 0 N–H and O–H groups in total. The van der Waals surface area contributed by atoms with Crippen LogP contribution >= 0.6 is 22.7 Å². The zero-order valence-corrected chi connectivity index (χ0v) is 42.5. The van der Waals surface area contributed by atoms with Gasteiger partial charge in [-0.15, -0.1) is 22.7 Å². The van der Waals surface area contributed by atoms with Crippen molar-refractivity contribution in [2.24, 2.45) is 0 Å². The van der Waals surface area contributed by atoms with Gasteiger partial charge in [-0.3, -0.25) is 0 Å². The number of thiophene rings is 2. The van der Waals surface area contributed by atoms with E-state index in [1.165, 1.54) is 29.2 Å². The highest BCUT2D eigenvalue weighted by molar-refractivity contribution is 7.34. The average molecular weight is 1180 g/mol. The van der Waals surface area contributed by atoms with E-state index in [0.29, 0.717) is 25.3 Å². The Morgan fingerprint density at radius 2 is 0.723 bits per heavy atom. The molecule has 0 amide bonds. The molecule has 2 aromatic heterocycles. The van der Waals surface area contributed by atoms with Gasteiger partial charge in [0.2, 0.25) is 0 Å². The summed E-state index contributed by atoms with van der Waals surface area (Å²) >= 11 is 2.08. The standard InChI is InChI=1S/C57H21B3F15NO5S2/c61-53(62,63)22-6-8-44-28(10-22)49-51(82-44)59-30-18-31-36(20-34(30)76(27-4-2-1-3-5-27)35-12-24(55(67,68)69)13-39(80-49)46(35)59)77-40-14-25(56(70,71)72)15-41-47(40)58(31)32-19-33-38(21-37(32)78-41)79-42-16-26(57(73,74)75)17-43-48(42)60(33)52-50(81-43)29-11-23(54(64,65)66)7-9-45(29)83-52/h1-21H. The molecule has 83 heavy (non-hydrogen) atoms. The lowest BCUT2D eigenvalue weighted by Crippen LogP contribution is -2.63. The summed E-state index contributed by atoms with van der Waals surface area (Å²) in [5.74, 6) is -2.27. The molecule has 410 valence electrons. The molecule has 0 bridgehead atoms. The summed E-state index contributed by atoms with van der Waals surface area (Å²) < 4.78 is 253. The Hall–Kier alpha value is -8.38. The second-order valence-electron chi connectivity index (χ2n) is 20.5. The van der Waals surface area contributed by atoms with Gasteiger partial charge in [-0.25, -0.2) is 0 Å². The Morgan fingerprint density at radius 1 is 0.325 bits per heavy atom. The van der Waals surface area contributed by atoms with Crippen molar-refractivity contribution in [3.63, 3.8) is 0 Å². The van der Waals surface area contributed by atoms with Crippen LogP contribution in [0.4, 0.5) is 82.9 Å². The SMILES string of the molecule is FC(F)(F)c1cc2c3c(c1)Oc1cc4c(cc1B3c1cc3c(cc1O2)Oc1cc(C(F)(F)F)cc2c1B3c1sc3ccc(C(F)(F)F)cc3c1O2)B1c2sc3ccc(C(F)(F)F)cc3c2Oc2cc(C(F)(F)F)cc(c21)N4c1ccccc1. The number of fused-ring (bicyclic) bond motifs is 16. The minimum absolute atomic E-state index is 0.0304. The first-order chi connectivity index (χ1) is 39.2. The van der Waals surface area contributed by atoms with E-state index in [2.05, 4.69) is 0 Å². The number of benzene rings is 8. The highest BCUT2D eigenvalue weighted by Gasteiger charge is 2.52. The number of ether oxygens (including phenoxy) is 5. The van der Waals surface area contributed by atoms with Gasteiger partial charge in [0.15, 0.2) is 0 Å². The van der Waals surface area contributed by atoms with E-state index in [9.17, 15) is 52.7 Å². The van der Waals surface area contributed by atoms with Crippen LogP contribution in [0.5, 0.6) is 57.5 Å². The lowest BCUT2D eigenvalue weighted by molar-refractivity contribution is -0.138. The smallest absolute Gasteiger partial charge is 0.416 e. The van der Waals surface area contributed by atoms with Gasteiger partial charge in [-0.1, -0.05) is 30.3 Å². The molecule has 6 nitrogen and oxygen atoms in total. The quantitative estimate of drug-likeness (QED) is 0.121. The molecule has 10 aromatic rings. The summed E-state index contributed by atoms with van der Waals surface area (Å²) in [6, 6.07) is 24.8. The van der Waals surface area contributed by atoms with Crippen LogP contribution < -0.4 is 76.4 Å². The van der Waals surface area contributed by atoms with Crippen LogP contribution in [-0.4, -0.2) is 20.1 Å². The van der Waals surface area contributed by atoms with Crippen molar-refractivity contribution >= 4 is 128 Å². The molecule has 16 rings (SSSR count). The molecule has 0 fully saturated rings. The number of para-hydroxylation sites is 1. The maximum atomic E-state index is 15.1. The topological polar surface area (TPSA) is 49.4 Å². The molecule has 0 saturated carbocycles. The number of rotatable bonds is 1. The Bertz CT molecular complexity index is 4590. The Kier molecular flexibility index (Phi) is 9.85. The zero-order chi connectivity index (χ0) is 57.5. The molecule has 6 aliphatic rings. The van der Waals surface area contributed by atoms with E-state index in [0.717, 1.165) is 83.3 Å². The lowest BCUT2D eigenvalue weighted by Gasteiger charge is -2.41. The van der Waals surface area contributed by atoms with Crippen molar-refractivity contribution in [3.05, 3.63) is 155 Å². The van der Waals surface area contributed by atoms with Gasteiger partial charge in [0.1, 0.15) is 57.5 Å². The van der Waals surface area contributed by atoms with Crippen molar-refractivity contribution in [2.45, 2.75) is 30.9 Å². The van der Waals surface area contributed by atoms with Crippen LogP contribution in [0.3, 0.4) is 0 Å². The third-order valence-electron chi connectivity index (χ3n) is 15.8. The number of hydrogen-bond donors (Lipinski definition) is 0. The maximum absolute atomic E-state index is 15.1. The van der Waals surface area contributed by atoms with Gasteiger partial charge in [0, 0.05) is 69.8 Å². The van der Waals surface area contributed by atoms with Gasteiger partial charge < -0.3 is 28.6 Å². The van der Waals surface area contributed by atoms with E-state index in [1.807, 2.05) is 0 Å². The minimum Gasteiger partial charge on any atom is -0.458 e. The number of nitrogens with zero attached hydrogens (tertiary/aromatic N) is 1. The Balaban J connectivity index is 0.962. The van der Waals surface area contributed by atoms with Crippen molar-refractivity contribution in [3.8, 4) is 57.5 Å². The Morgan fingerprint density at radius 3 is 1.20 bits per heavy atom. The van der Waals surface area contributed by atoms with Crippen LogP contribution in [0.25, 0.3) is 20.2 Å². The van der Waals surface area contributed by atoms with Gasteiger partial charge in [0.25, 0.3) is 20.1 Å². The fourth-order valence-corrected chi connectivity index (χ4v) is 14.8. The first kappa shape index (κ1) is 50.4. The molecule has 8 aromatic carbocycles. The third kappa shape index (κ3) is 7.29. The van der Waals surface area contributed by atoms with Crippen molar-refractivity contribution in [1.29, 1.82) is 0 Å². The average Bonchev–Trinajstić information content (AvgIpc) is 3.07. The Labute approximate surface area is 464 Å². The zero-order valence-electron chi connectivity index (χ0n) is 40.8. The second-order valence-corrected chi connectivity index (χ2v) is 22.7. The van der Waals surface area contributed by atoms with E-state index in [4.69, 9.17) is 23.7 Å². The molecule has 0 atom stereocenters. The molecule has 0 saturated heterocycles. The van der Waals surface area contributed by atoms with Gasteiger partial charge >= 0.3 is 30.9 Å². The number of halogens is 15. The summed E-state index contributed by atoms with van der Waals surface area (Å²) in [5.41, 5.74) is -3.71. The third-order valence-corrected chi connectivity index (χ3v) is 18.3. The van der Waals surface area contributed by atoms with E-state index >= 15 is 13.2 Å². The van der Waals surface area contributed by atoms with Gasteiger partial charge in [-0.05, 0) is 112 Å². The van der Waals surface area contributed by atoms with Gasteiger partial charge in [-0.2, -0.15) is 65.9 Å². The molecular formula is C57H21B3F15NO5S2. The van der Waals surface area contributed by atoms with E-state index in [-0.39, 0.29) is 117 Å². The summed E-state index contributed by atoms with van der Waals surface area (Å²) in [5, 5.41) is -0.0715. The van der Waals surface area contributed by atoms with Crippen LogP contribution in [0.15, 0.2) is 127 Å². The van der Waals surface area contributed by atoms with E-state index < -0.39 is 78.8 Å². The predicted molar refractivity (Wildman–Crippen MR) is 283 cm³/mol. The summed E-state index contributed by atoms with van der Waals surface area (Å²) in [6.07, 6.45) is -24.6. The molecule has 0 aliphatic carbocycles. The van der Waals surface area contributed by atoms with Crippen molar-refractivity contribution in [1.82, 2.24) is 0 Å². The molecule has 8 heterocycles. The summed E-state index contributed by atoms with van der Waals surface area (Å²) in [6.45, 7) is -3.33. The number of alkyl halides is 15. The van der Waals surface area contributed by atoms with Crippen LogP contribution in [0, 0.1) is 0 Å². The number of hydrogen-bond acceptors (Lipinski definition) is 8. The van der Waals surface area contributed by atoms with Crippen LogP contribution in [0.1, 0.15) is 27.8 Å². The lowest BCUT2D eigenvalue weighted by atomic mass is 9.31. The van der Waals surface area contributed by atoms with Crippen molar-refractivity contribution < 1.29 is 89.5 Å². The number of anilines is 3. The largest absolute Gasteiger partial charge is 0.458 e. The van der Waals surface area contributed by atoms with Crippen molar-refractivity contribution in [2.75, 3.05) is 4.90 Å². The molecule has 6 aliphatic heterocycles. The molecule has 0 radical (unpaired) electrons. The predicted octanol–water partition coefficient (Wildman–Crippen LogP) is 13.1. The highest BCUT2D eigenvalue weighted by atomic mass is 32.1. The maximum Gasteiger partial charge on any atom is 0.416 e. The monoisotopic (exact) mass is 1180 g/mol. The molecular weight excluding hydrogens is 1160 g/mol. The molecule has 26 heteroatoms. The van der Waals surface area contributed by atoms with E-state index in [1.54, 1.807) is 42.5 Å². The summed E-state index contributed by atoms with van der Waals surface area (Å²) in [4.78, 5) is 1.51. The highest BCUT2D eigenvalue weighted by Crippen LogP contribution is 2.51. The first-order valence-electron chi connectivity index (χ1n) is 24.9. The van der Waals surface area contributed by atoms with Crippen LogP contribution in [-0.2, 0) is 30.9 Å². The molecule has 0 spiro atoms. The van der Waals surface area contributed by atoms with Crippen LogP contribution in [0.2, 0.25) is 0 Å². The normalized spacial score (nSPS) is 15.1. The second kappa shape index (κ2) is 16.2. The minimum atomic E-state index is -5.00. The fourth-order valence-electron chi connectivity index (χ4n) is 12.4. The fraction of sp³-hybridized carbons (Fsp3) is 0.0877.